The third kappa shape index (κ3) is 3.05. The van der Waals surface area contributed by atoms with Gasteiger partial charge in [0, 0.05) is 24.7 Å². The number of carbonyl (C=O) groups is 1. The van der Waals surface area contributed by atoms with Gasteiger partial charge in [0.2, 0.25) is 5.91 Å². The molecule has 1 amide bonds. The fraction of sp³-hybridized carbons (Fsp3) is 0.400. The topological polar surface area (TPSA) is 62.5 Å². The Hall–Kier alpha value is -2.47. The average Bonchev–Trinajstić information content (AvgIpc) is 3.13. The second-order valence-corrected chi connectivity index (χ2v) is 7.50. The number of pyridine rings is 1. The van der Waals surface area contributed by atoms with E-state index in [0.717, 1.165) is 18.7 Å². The first kappa shape index (κ1) is 17.0. The molecule has 1 aliphatic heterocycles. The van der Waals surface area contributed by atoms with Gasteiger partial charge in [-0.3, -0.25) is 9.78 Å². The van der Waals surface area contributed by atoms with E-state index in [4.69, 9.17) is 5.73 Å². The van der Waals surface area contributed by atoms with Crippen molar-refractivity contribution in [2.45, 2.75) is 12.5 Å². The van der Waals surface area contributed by atoms with E-state index in [0.29, 0.717) is 35.0 Å². The van der Waals surface area contributed by atoms with E-state index in [1.165, 1.54) is 12.1 Å². The smallest absolute Gasteiger partial charge is 0.228 e. The van der Waals surface area contributed by atoms with E-state index in [-0.39, 0.29) is 18.1 Å². The van der Waals surface area contributed by atoms with Gasteiger partial charge >= 0.3 is 0 Å². The highest BCUT2D eigenvalue weighted by Crippen LogP contribution is 2.48. The standard InChI is InChI=1S/C20H23FN4O/c1-24(2)20-14-10-25(11-15(14)20)19(26)9-18-16(22)7-8-17(23-18)12-3-5-13(21)6-4-12/h3-8,14-15,20H,9-11,22H2,1-2H3/t14-,15+,20?. The van der Waals surface area contributed by atoms with Crippen LogP contribution < -0.4 is 5.73 Å². The fourth-order valence-electron chi connectivity index (χ4n) is 4.15. The molecule has 3 atom stereocenters. The number of nitrogens with zero attached hydrogens (tertiary/aromatic N) is 3. The molecule has 6 heteroatoms. The average molecular weight is 354 g/mol. The van der Waals surface area contributed by atoms with Crippen molar-refractivity contribution in [1.29, 1.82) is 0 Å². The summed E-state index contributed by atoms with van der Waals surface area (Å²) in [5, 5.41) is 0. The number of nitrogen functional groups attached to an aromatic ring is 1. The largest absolute Gasteiger partial charge is 0.397 e. The minimum absolute atomic E-state index is 0.0742. The summed E-state index contributed by atoms with van der Waals surface area (Å²) in [7, 11) is 4.20. The van der Waals surface area contributed by atoms with Crippen molar-refractivity contribution in [3.05, 3.63) is 47.9 Å². The number of piperidine rings is 1. The van der Waals surface area contributed by atoms with Crippen LogP contribution in [0.1, 0.15) is 5.69 Å². The Labute approximate surface area is 152 Å². The number of anilines is 1. The minimum atomic E-state index is -0.289. The highest BCUT2D eigenvalue weighted by atomic mass is 19.1. The van der Waals surface area contributed by atoms with Crippen molar-refractivity contribution in [3.8, 4) is 11.3 Å². The van der Waals surface area contributed by atoms with Gasteiger partial charge in [-0.05, 0) is 62.3 Å². The molecule has 1 saturated heterocycles. The first-order chi connectivity index (χ1) is 12.4. The summed E-state index contributed by atoms with van der Waals surface area (Å²) in [5.41, 5.74) is 8.63. The van der Waals surface area contributed by atoms with Crippen molar-refractivity contribution in [2.75, 3.05) is 32.9 Å². The Kier molecular flexibility index (Phi) is 4.15. The lowest BCUT2D eigenvalue weighted by molar-refractivity contribution is -0.130. The third-order valence-corrected chi connectivity index (χ3v) is 5.57. The molecule has 136 valence electrons. The highest BCUT2D eigenvalue weighted by Gasteiger charge is 2.57. The lowest BCUT2D eigenvalue weighted by Gasteiger charge is -2.22. The Morgan fingerprint density at radius 3 is 2.46 bits per heavy atom. The molecular weight excluding hydrogens is 331 g/mol. The van der Waals surface area contributed by atoms with Crippen LogP contribution in [0.3, 0.4) is 0 Å². The number of fused-ring (bicyclic) bond motifs is 1. The monoisotopic (exact) mass is 354 g/mol. The molecule has 4 rings (SSSR count). The van der Waals surface area contributed by atoms with Crippen molar-refractivity contribution in [3.63, 3.8) is 0 Å². The van der Waals surface area contributed by atoms with Gasteiger partial charge < -0.3 is 15.5 Å². The van der Waals surface area contributed by atoms with Gasteiger partial charge in [0.05, 0.1) is 23.5 Å². The van der Waals surface area contributed by atoms with Crippen LogP contribution in [0.4, 0.5) is 10.1 Å². The Morgan fingerprint density at radius 1 is 1.19 bits per heavy atom. The SMILES string of the molecule is CN(C)C1[C@H]2CN(C(=O)Cc3nc(-c4ccc(F)cc4)ccc3N)C[C@@H]12. The molecule has 1 unspecified atom stereocenters. The Balaban J connectivity index is 1.46. The normalized spacial score (nSPS) is 24.0. The number of benzene rings is 1. The number of hydrogen-bond donors (Lipinski definition) is 1. The molecule has 1 aromatic heterocycles. The van der Waals surface area contributed by atoms with E-state index >= 15 is 0 Å². The number of hydrogen-bond acceptors (Lipinski definition) is 4. The van der Waals surface area contributed by atoms with Crippen LogP contribution in [0, 0.1) is 17.7 Å². The number of carbonyl (C=O) groups excluding carboxylic acids is 1. The van der Waals surface area contributed by atoms with Crippen LogP contribution in [0.2, 0.25) is 0 Å². The second-order valence-electron chi connectivity index (χ2n) is 7.50. The maximum Gasteiger partial charge on any atom is 0.228 e. The predicted octanol–water partition coefficient (Wildman–Crippen LogP) is 2.03. The quantitative estimate of drug-likeness (QED) is 0.913. The van der Waals surface area contributed by atoms with Crippen molar-refractivity contribution in [2.24, 2.45) is 11.8 Å². The number of likely N-dealkylation sites (tertiary alicyclic amines) is 1. The first-order valence-electron chi connectivity index (χ1n) is 8.89. The molecule has 2 heterocycles. The van der Waals surface area contributed by atoms with Crippen LogP contribution >= 0.6 is 0 Å². The van der Waals surface area contributed by atoms with Crippen LogP contribution in [0.15, 0.2) is 36.4 Å². The zero-order chi connectivity index (χ0) is 18.4. The summed E-state index contributed by atoms with van der Waals surface area (Å²) in [4.78, 5) is 21.4. The number of amides is 1. The van der Waals surface area contributed by atoms with E-state index in [9.17, 15) is 9.18 Å². The minimum Gasteiger partial charge on any atom is -0.397 e. The molecule has 2 aromatic rings. The maximum atomic E-state index is 13.1. The molecule has 2 N–H and O–H groups in total. The van der Waals surface area contributed by atoms with Crippen molar-refractivity contribution >= 4 is 11.6 Å². The number of aromatic nitrogens is 1. The fourth-order valence-corrected chi connectivity index (χ4v) is 4.15. The van der Waals surface area contributed by atoms with Crippen LogP contribution in [-0.2, 0) is 11.2 Å². The van der Waals surface area contributed by atoms with Crippen LogP contribution in [0.5, 0.6) is 0 Å². The molecule has 0 spiro atoms. The zero-order valence-electron chi connectivity index (χ0n) is 15.0. The molecular formula is C20H23FN4O. The summed E-state index contributed by atoms with van der Waals surface area (Å²) >= 11 is 0. The number of halogens is 1. The van der Waals surface area contributed by atoms with Crippen LogP contribution in [0.25, 0.3) is 11.3 Å². The zero-order valence-corrected chi connectivity index (χ0v) is 15.0. The second kappa shape index (κ2) is 6.36. The summed E-state index contributed by atoms with van der Waals surface area (Å²) in [6.45, 7) is 1.65. The van der Waals surface area contributed by atoms with Crippen molar-refractivity contribution in [1.82, 2.24) is 14.8 Å². The van der Waals surface area contributed by atoms with Gasteiger partial charge in [0.15, 0.2) is 0 Å². The molecule has 5 nitrogen and oxygen atoms in total. The molecule has 2 fully saturated rings. The molecule has 1 aromatic carbocycles. The van der Waals surface area contributed by atoms with E-state index in [1.807, 2.05) is 4.90 Å². The van der Waals surface area contributed by atoms with E-state index in [1.54, 1.807) is 24.3 Å². The van der Waals surface area contributed by atoms with Gasteiger partial charge in [0.25, 0.3) is 0 Å². The Morgan fingerprint density at radius 2 is 1.85 bits per heavy atom. The molecule has 2 aliphatic rings. The summed E-state index contributed by atoms with van der Waals surface area (Å²) in [5.74, 6) is 0.989. The molecule has 0 bridgehead atoms. The van der Waals surface area contributed by atoms with Gasteiger partial charge in [-0.1, -0.05) is 0 Å². The molecule has 1 aliphatic carbocycles. The van der Waals surface area contributed by atoms with E-state index < -0.39 is 0 Å². The predicted molar refractivity (Wildman–Crippen MR) is 98.8 cm³/mol. The number of rotatable bonds is 4. The van der Waals surface area contributed by atoms with Gasteiger partial charge in [-0.2, -0.15) is 0 Å². The number of nitrogens with two attached hydrogens (primary N) is 1. The van der Waals surface area contributed by atoms with Gasteiger partial charge in [0.1, 0.15) is 5.82 Å². The van der Waals surface area contributed by atoms with Gasteiger partial charge in [-0.15, -0.1) is 0 Å². The van der Waals surface area contributed by atoms with Crippen molar-refractivity contribution < 1.29 is 9.18 Å². The van der Waals surface area contributed by atoms with E-state index in [2.05, 4.69) is 24.0 Å². The highest BCUT2D eigenvalue weighted by molar-refractivity contribution is 5.80. The van der Waals surface area contributed by atoms with Crippen LogP contribution in [-0.4, -0.2) is 53.9 Å². The third-order valence-electron chi connectivity index (χ3n) is 5.57. The summed E-state index contributed by atoms with van der Waals surface area (Å²) in [6.07, 6.45) is 0.201. The Bertz CT molecular complexity index is 824. The maximum absolute atomic E-state index is 13.1. The summed E-state index contributed by atoms with van der Waals surface area (Å²) < 4.78 is 13.1. The summed E-state index contributed by atoms with van der Waals surface area (Å²) in [6, 6.07) is 10.3. The molecule has 26 heavy (non-hydrogen) atoms. The lowest BCUT2D eigenvalue weighted by Crippen LogP contribution is -2.36. The lowest BCUT2D eigenvalue weighted by atomic mass is 10.1. The molecule has 1 saturated carbocycles. The first-order valence-corrected chi connectivity index (χ1v) is 8.89. The molecule has 0 radical (unpaired) electrons. The van der Waals surface area contributed by atoms with Gasteiger partial charge in [-0.25, -0.2) is 4.39 Å².